The first-order valence-corrected chi connectivity index (χ1v) is 9.41. The summed E-state index contributed by atoms with van der Waals surface area (Å²) < 4.78 is 2.67. The van der Waals surface area contributed by atoms with Crippen molar-refractivity contribution in [1.29, 1.82) is 0 Å². The Morgan fingerprint density at radius 3 is 2.52 bits per heavy atom. The molecule has 1 aromatic rings. The number of carbonyl (C=O) groups is 1. The predicted octanol–water partition coefficient (Wildman–Crippen LogP) is 2.40. The van der Waals surface area contributed by atoms with Gasteiger partial charge < -0.3 is 10.2 Å². The normalized spacial score (nSPS) is 19.9. The largest absolute Gasteiger partial charge is 0.356 e. The Labute approximate surface area is 146 Å². The van der Waals surface area contributed by atoms with E-state index < -0.39 is 0 Å². The summed E-state index contributed by atoms with van der Waals surface area (Å²) in [5, 5.41) is 8.81. The minimum Gasteiger partial charge on any atom is -0.356 e. The van der Waals surface area contributed by atoms with E-state index >= 15 is 0 Å². The Morgan fingerprint density at radius 2 is 1.96 bits per heavy atom. The predicted molar refractivity (Wildman–Crippen MR) is 95.2 cm³/mol. The summed E-state index contributed by atoms with van der Waals surface area (Å²) in [4.78, 5) is 16.4. The van der Waals surface area contributed by atoms with E-state index in [4.69, 9.17) is 12.2 Å². The van der Waals surface area contributed by atoms with Gasteiger partial charge >= 0.3 is 0 Å². The SMILES string of the molecule is CC(C)(C)Nc1nn(CN2CCN(C(=O)C3CC3)CC2)c(=S)s1. The Hall–Kier alpha value is -0.990. The van der Waals surface area contributed by atoms with Gasteiger partial charge in [-0.15, -0.1) is 5.10 Å². The number of nitrogens with one attached hydrogen (secondary N) is 1. The number of carbonyl (C=O) groups excluding carboxylic acids is 1. The van der Waals surface area contributed by atoms with E-state index in [-0.39, 0.29) is 5.54 Å². The molecule has 0 aromatic carbocycles. The van der Waals surface area contributed by atoms with Crippen LogP contribution in [0.4, 0.5) is 5.13 Å². The number of hydrogen-bond donors (Lipinski definition) is 1. The highest BCUT2D eigenvalue weighted by Gasteiger charge is 2.34. The van der Waals surface area contributed by atoms with E-state index in [0.717, 1.165) is 48.1 Å². The molecule has 0 unspecified atom stereocenters. The Morgan fingerprint density at radius 1 is 1.30 bits per heavy atom. The van der Waals surface area contributed by atoms with Crippen molar-refractivity contribution in [2.45, 2.75) is 45.8 Å². The minimum absolute atomic E-state index is 0.0216. The summed E-state index contributed by atoms with van der Waals surface area (Å²) in [6.45, 7) is 10.4. The zero-order chi connectivity index (χ0) is 16.6. The van der Waals surface area contributed by atoms with Crippen molar-refractivity contribution < 1.29 is 4.79 Å². The van der Waals surface area contributed by atoms with Crippen molar-refractivity contribution in [1.82, 2.24) is 19.6 Å². The second kappa shape index (κ2) is 6.49. The van der Waals surface area contributed by atoms with Crippen LogP contribution in [0.1, 0.15) is 33.6 Å². The summed E-state index contributed by atoms with van der Waals surface area (Å²) >= 11 is 6.94. The van der Waals surface area contributed by atoms with Crippen molar-refractivity contribution in [3.63, 3.8) is 0 Å². The van der Waals surface area contributed by atoms with Gasteiger partial charge in [0.1, 0.15) is 0 Å². The second-order valence-corrected chi connectivity index (χ2v) is 9.03. The summed E-state index contributed by atoms with van der Waals surface area (Å²) in [5.74, 6) is 0.673. The van der Waals surface area contributed by atoms with E-state index in [9.17, 15) is 4.79 Å². The fourth-order valence-corrected chi connectivity index (χ4v) is 3.86. The van der Waals surface area contributed by atoms with Crippen molar-refractivity contribution >= 4 is 34.6 Å². The molecule has 1 aliphatic carbocycles. The summed E-state index contributed by atoms with van der Waals surface area (Å²) in [7, 11) is 0. The first-order valence-electron chi connectivity index (χ1n) is 8.19. The van der Waals surface area contributed by atoms with Crippen LogP contribution in [0.15, 0.2) is 0 Å². The van der Waals surface area contributed by atoms with E-state index in [1.165, 1.54) is 11.3 Å². The maximum absolute atomic E-state index is 12.1. The van der Waals surface area contributed by atoms with E-state index in [2.05, 4.69) is 36.1 Å². The maximum atomic E-state index is 12.1. The van der Waals surface area contributed by atoms with Crippen molar-refractivity contribution in [2.75, 3.05) is 31.5 Å². The third-order valence-corrected chi connectivity index (χ3v) is 5.26. The molecular weight excluding hydrogens is 330 g/mol. The number of piperazine rings is 1. The molecular formula is C15H25N5OS2. The number of hydrogen-bond acceptors (Lipinski definition) is 6. The Kier molecular flexibility index (Phi) is 4.75. The standard InChI is InChI=1S/C15H25N5OS2/c1-15(2,3)16-13-17-20(14(22)23-13)10-18-6-8-19(9-7-18)12(21)11-4-5-11/h11H,4-10H2,1-3H3,(H,16,17). The second-order valence-electron chi connectivity index (χ2n) is 7.41. The monoisotopic (exact) mass is 355 g/mol. The fourth-order valence-electron chi connectivity index (χ4n) is 2.65. The zero-order valence-corrected chi connectivity index (χ0v) is 15.7. The lowest BCUT2D eigenvalue weighted by Crippen LogP contribution is -2.49. The lowest BCUT2D eigenvalue weighted by molar-refractivity contribution is -0.134. The Balaban J connectivity index is 1.54. The molecule has 0 radical (unpaired) electrons. The molecule has 1 aliphatic heterocycles. The number of amides is 1. The van der Waals surface area contributed by atoms with Crippen LogP contribution >= 0.6 is 23.6 Å². The highest BCUT2D eigenvalue weighted by molar-refractivity contribution is 7.73. The molecule has 1 N–H and O–H groups in total. The molecule has 1 saturated heterocycles. The van der Waals surface area contributed by atoms with Crippen molar-refractivity contribution in [3.05, 3.63) is 3.95 Å². The van der Waals surface area contributed by atoms with Gasteiger partial charge in [0.2, 0.25) is 11.0 Å². The average Bonchev–Trinajstić information content (AvgIpc) is 3.24. The summed E-state index contributed by atoms with van der Waals surface area (Å²) in [6.07, 6.45) is 2.16. The van der Waals surface area contributed by atoms with Gasteiger partial charge in [0, 0.05) is 37.6 Å². The maximum Gasteiger partial charge on any atom is 0.225 e. The van der Waals surface area contributed by atoms with Gasteiger partial charge in [-0.25, -0.2) is 4.68 Å². The number of aromatic nitrogens is 2. The molecule has 128 valence electrons. The van der Waals surface area contributed by atoms with E-state index in [1.807, 2.05) is 9.58 Å². The van der Waals surface area contributed by atoms with E-state index in [0.29, 0.717) is 18.5 Å². The van der Waals surface area contributed by atoms with Crippen LogP contribution in [0, 0.1) is 9.87 Å². The van der Waals surface area contributed by atoms with Crippen LogP contribution in [0.2, 0.25) is 0 Å². The van der Waals surface area contributed by atoms with Gasteiger partial charge in [-0.1, -0.05) is 11.3 Å². The molecule has 2 aliphatic rings. The van der Waals surface area contributed by atoms with Gasteiger partial charge in [0.25, 0.3) is 0 Å². The topological polar surface area (TPSA) is 53.4 Å². The average molecular weight is 356 g/mol. The van der Waals surface area contributed by atoms with Crippen molar-refractivity contribution in [3.8, 4) is 0 Å². The molecule has 2 fully saturated rings. The highest BCUT2D eigenvalue weighted by atomic mass is 32.1. The van der Waals surface area contributed by atoms with Gasteiger partial charge in [-0.3, -0.25) is 9.69 Å². The summed E-state index contributed by atoms with van der Waals surface area (Å²) in [6, 6.07) is 0. The van der Waals surface area contributed by atoms with Crippen LogP contribution < -0.4 is 5.32 Å². The molecule has 1 aromatic heterocycles. The van der Waals surface area contributed by atoms with Gasteiger partial charge in [-0.05, 0) is 45.8 Å². The number of anilines is 1. The Bertz CT molecular complexity index is 621. The molecule has 0 atom stereocenters. The quantitative estimate of drug-likeness (QED) is 0.841. The zero-order valence-electron chi connectivity index (χ0n) is 14.0. The van der Waals surface area contributed by atoms with Crippen molar-refractivity contribution in [2.24, 2.45) is 5.92 Å². The van der Waals surface area contributed by atoms with Crippen LogP contribution in [-0.2, 0) is 11.5 Å². The molecule has 23 heavy (non-hydrogen) atoms. The summed E-state index contributed by atoms with van der Waals surface area (Å²) in [5.41, 5.74) is -0.0216. The molecule has 1 amide bonds. The molecule has 2 heterocycles. The first-order chi connectivity index (χ1) is 10.8. The van der Waals surface area contributed by atoms with Crippen LogP contribution in [0.25, 0.3) is 0 Å². The van der Waals surface area contributed by atoms with E-state index in [1.54, 1.807) is 0 Å². The molecule has 0 spiro atoms. The fraction of sp³-hybridized carbons (Fsp3) is 0.800. The van der Waals surface area contributed by atoms with Gasteiger partial charge in [0.15, 0.2) is 3.95 Å². The highest BCUT2D eigenvalue weighted by Crippen LogP contribution is 2.31. The van der Waals surface area contributed by atoms with Crippen LogP contribution in [0.5, 0.6) is 0 Å². The minimum atomic E-state index is -0.0216. The number of nitrogens with zero attached hydrogens (tertiary/aromatic N) is 4. The van der Waals surface area contributed by atoms with Gasteiger partial charge in [-0.2, -0.15) is 0 Å². The van der Waals surface area contributed by atoms with Crippen LogP contribution in [-0.4, -0.2) is 57.2 Å². The smallest absolute Gasteiger partial charge is 0.225 e. The molecule has 1 saturated carbocycles. The molecule has 8 heteroatoms. The lowest BCUT2D eigenvalue weighted by atomic mass is 10.1. The van der Waals surface area contributed by atoms with Gasteiger partial charge in [0.05, 0.1) is 6.67 Å². The molecule has 0 bridgehead atoms. The third kappa shape index (κ3) is 4.51. The third-order valence-electron chi connectivity index (χ3n) is 4.03. The first kappa shape index (κ1) is 16.9. The molecule has 6 nitrogen and oxygen atoms in total. The molecule has 3 rings (SSSR count). The van der Waals surface area contributed by atoms with Crippen LogP contribution in [0.3, 0.4) is 0 Å². The number of rotatable bonds is 4. The lowest BCUT2D eigenvalue weighted by Gasteiger charge is -2.34.